The van der Waals surface area contributed by atoms with Crippen LogP contribution in [0.15, 0.2) is 0 Å². The molecular weight excluding hydrogens is 226 g/mol. The molecule has 3 rings (SSSR count). The number of nitrogens with one attached hydrogen (secondary N) is 1. The smallest absolute Gasteiger partial charge is 0.225 e. The average molecular weight is 251 g/mol. The van der Waals surface area contributed by atoms with Crippen molar-refractivity contribution in [2.75, 3.05) is 39.3 Å². The van der Waals surface area contributed by atoms with Crippen LogP contribution in [-0.2, 0) is 4.79 Å². The van der Waals surface area contributed by atoms with Gasteiger partial charge in [0, 0.05) is 44.7 Å². The second kappa shape index (κ2) is 5.57. The molecule has 2 heterocycles. The van der Waals surface area contributed by atoms with E-state index >= 15 is 0 Å². The van der Waals surface area contributed by atoms with E-state index in [0.717, 1.165) is 52.1 Å². The summed E-state index contributed by atoms with van der Waals surface area (Å²) in [6.07, 6.45) is 6.04. The largest absolute Gasteiger partial charge is 0.340 e. The topological polar surface area (TPSA) is 35.6 Å². The van der Waals surface area contributed by atoms with E-state index in [9.17, 15) is 4.79 Å². The number of rotatable bonds is 2. The summed E-state index contributed by atoms with van der Waals surface area (Å²) in [4.78, 5) is 17.0. The van der Waals surface area contributed by atoms with Crippen LogP contribution in [0.5, 0.6) is 0 Å². The molecule has 4 nitrogen and oxygen atoms in total. The number of carbonyl (C=O) groups is 1. The molecule has 1 atom stereocenters. The first-order valence-electron chi connectivity index (χ1n) is 7.58. The van der Waals surface area contributed by atoms with Gasteiger partial charge in [-0.05, 0) is 25.8 Å². The van der Waals surface area contributed by atoms with Gasteiger partial charge in [-0.25, -0.2) is 0 Å². The number of amides is 1. The van der Waals surface area contributed by atoms with E-state index in [4.69, 9.17) is 0 Å². The minimum Gasteiger partial charge on any atom is -0.340 e. The van der Waals surface area contributed by atoms with Crippen molar-refractivity contribution in [3.8, 4) is 0 Å². The van der Waals surface area contributed by atoms with E-state index in [1.54, 1.807) is 0 Å². The molecule has 4 heteroatoms. The zero-order valence-corrected chi connectivity index (χ0v) is 11.2. The second-order valence-corrected chi connectivity index (χ2v) is 5.99. The van der Waals surface area contributed by atoms with Crippen molar-refractivity contribution in [3.05, 3.63) is 0 Å². The SMILES string of the molecule is O=C(C1CCCC1)N1CCN(C2CCNC2)CC1. The maximum Gasteiger partial charge on any atom is 0.225 e. The summed E-state index contributed by atoms with van der Waals surface area (Å²) in [5, 5.41) is 3.43. The molecule has 1 saturated carbocycles. The van der Waals surface area contributed by atoms with Gasteiger partial charge < -0.3 is 10.2 Å². The first kappa shape index (κ1) is 12.4. The van der Waals surface area contributed by atoms with Crippen LogP contribution in [0.25, 0.3) is 0 Å². The molecule has 0 aromatic rings. The Kier molecular flexibility index (Phi) is 3.85. The van der Waals surface area contributed by atoms with Crippen molar-refractivity contribution in [1.29, 1.82) is 0 Å². The van der Waals surface area contributed by atoms with Crippen molar-refractivity contribution >= 4 is 5.91 Å². The Morgan fingerprint density at radius 3 is 2.33 bits per heavy atom. The predicted octanol–water partition coefficient (Wildman–Crippen LogP) is 0.683. The van der Waals surface area contributed by atoms with Crippen molar-refractivity contribution in [3.63, 3.8) is 0 Å². The van der Waals surface area contributed by atoms with Gasteiger partial charge in [-0.15, -0.1) is 0 Å². The van der Waals surface area contributed by atoms with Crippen LogP contribution in [0.3, 0.4) is 0 Å². The molecule has 2 saturated heterocycles. The van der Waals surface area contributed by atoms with Gasteiger partial charge in [-0.1, -0.05) is 12.8 Å². The van der Waals surface area contributed by atoms with Crippen LogP contribution >= 0.6 is 0 Å². The molecule has 0 spiro atoms. The minimum absolute atomic E-state index is 0.352. The normalized spacial score (nSPS) is 31.1. The van der Waals surface area contributed by atoms with E-state index < -0.39 is 0 Å². The fourth-order valence-electron chi connectivity index (χ4n) is 3.69. The Hall–Kier alpha value is -0.610. The van der Waals surface area contributed by atoms with Gasteiger partial charge in [-0.2, -0.15) is 0 Å². The van der Waals surface area contributed by atoms with Crippen molar-refractivity contribution in [2.24, 2.45) is 5.92 Å². The van der Waals surface area contributed by atoms with Crippen molar-refractivity contribution in [2.45, 2.75) is 38.1 Å². The van der Waals surface area contributed by atoms with E-state index in [-0.39, 0.29) is 0 Å². The maximum absolute atomic E-state index is 12.3. The number of hydrogen-bond acceptors (Lipinski definition) is 3. The van der Waals surface area contributed by atoms with Gasteiger partial charge >= 0.3 is 0 Å². The first-order valence-corrected chi connectivity index (χ1v) is 7.58. The molecular formula is C14H25N3O. The molecule has 1 unspecified atom stereocenters. The standard InChI is InChI=1S/C14H25N3O/c18-14(12-3-1-2-4-12)17-9-7-16(8-10-17)13-5-6-15-11-13/h12-13,15H,1-11H2. The second-order valence-electron chi connectivity index (χ2n) is 5.99. The number of piperazine rings is 1. The molecule has 0 aromatic carbocycles. The van der Waals surface area contributed by atoms with E-state index in [1.165, 1.54) is 19.3 Å². The van der Waals surface area contributed by atoms with Crippen LogP contribution in [0.2, 0.25) is 0 Å². The summed E-state index contributed by atoms with van der Waals surface area (Å²) in [5.41, 5.74) is 0. The Morgan fingerprint density at radius 1 is 1.00 bits per heavy atom. The Bertz CT molecular complexity index is 287. The number of hydrogen-bond donors (Lipinski definition) is 1. The molecule has 3 aliphatic rings. The summed E-state index contributed by atoms with van der Waals surface area (Å²) in [7, 11) is 0. The zero-order chi connectivity index (χ0) is 12.4. The first-order chi connectivity index (χ1) is 8.84. The van der Waals surface area contributed by atoms with Gasteiger partial charge in [0.05, 0.1) is 0 Å². The summed E-state index contributed by atoms with van der Waals surface area (Å²) in [5.74, 6) is 0.793. The Labute approximate surface area is 110 Å². The molecule has 0 bridgehead atoms. The van der Waals surface area contributed by atoms with Crippen LogP contribution in [0, 0.1) is 5.92 Å². The minimum atomic E-state index is 0.352. The molecule has 1 N–H and O–H groups in total. The highest BCUT2D eigenvalue weighted by Crippen LogP contribution is 2.27. The summed E-state index contributed by atoms with van der Waals surface area (Å²) < 4.78 is 0. The van der Waals surface area contributed by atoms with Gasteiger partial charge in [0.25, 0.3) is 0 Å². The molecule has 102 valence electrons. The van der Waals surface area contributed by atoms with Gasteiger partial charge in [0.15, 0.2) is 0 Å². The van der Waals surface area contributed by atoms with E-state index in [2.05, 4.69) is 15.1 Å². The lowest BCUT2D eigenvalue weighted by Crippen LogP contribution is -2.53. The Balaban J connectivity index is 1.48. The highest BCUT2D eigenvalue weighted by atomic mass is 16.2. The molecule has 3 fully saturated rings. The molecule has 2 aliphatic heterocycles. The van der Waals surface area contributed by atoms with Crippen molar-refractivity contribution in [1.82, 2.24) is 15.1 Å². The van der Waals surface area contributed by atoms with Crippen LogP contribution in [0.4, 0.5) is 0 Å². The predicted molar refractivity (Wildman–Crippen MR) is 71.4 cm³/mol. The third-order valence-electron chi connectivity index (χ3n) is 4.88. The molecule has 0 aromatic heterocycles. The number of nitrogens with zero attached hydrogens (tertiary/aromatic N) is 2. The lowest BCUT2D eigenvalue weighted by molar-refractivity contribution is -0.137. The average Bonchev–Trinajstić information content (AvgIpc) is 3.11. The third-order valence-corrected chi connectivity index (χ3v) is 4.88. The molecule has 0 radical (unpaired) electrons. The quantitative estimate of drug-likeness (QED) is 0.784. The van der Waals surface area contributed by atoms with Gasteiger partial charge in [-0.3, -0.25) is 9.69 Å². The lowest BCUT2D eigenvalue weighted by Gasteiger charge is -2.38. The van der Waals surface area contributed by atoms with E-state index in [1.807, 2.05) is 0 Å². The summed E-state index contributed by atoms with van der Waals surface area (Å²) in [6, 6.07) is 0.716. The van der Waals surface area contributed by atoms with Crippen LogP contribution in [-0.4, -0.2) is 61.0 Å². The zero-order valence-electron chi connectivity index (χ0n) is 11.2. The Morgan fingerprint density at radius 2 is 1.72 bits per heavy atom. The third kappa shape index (κ3) is 2.54. The van der Waals surface area contributed by atoms with E-state index in [0.29, 0.717) is 17.9 Å². The molecule has 1 amide bonds. The fraction of sp³-hybridized carbons (Fsp3) is 0.929. The summed E-state index contributed by atoms with van der Waals surface area (Å²) in [6.45, 7) is 6.34. The van der Waals surface area contributed by atoms with Crippen molar-refractivity contribution < 1.29 is 4.79 Å². The highest BCUT2D eigenvalue weighted by Gasteiger charge is 2.31. The molecule has 1 aliphatic carbocycles. The van der Waals surface area contributed by atoms with Gasteiger partial charge in [0.1, 0.15) is 0 Å². The molecule has 18 heavy (non-hydrogen) atoms. The highest BCUT2D eigenvalue weighted by molar-refractivity contribution is 5.79. The lowest BCUT2D eigenvalue weighted by atomic mass is 10.1. The maximum atomic E-state index is 12.3. The number of carbonyl (C=O) groups excluding carboxylic acids is 1. The van der Waals surface area contributed by atoms with Crippen LogP contribution < -0.4 is 5.32 Å². The van der Waals surface area contributed by atoms with Gasteiger partial charge in [0.2, 0.25) is 5.91 Å². The monoisotopic (exact) mass is 251 g/mol. The van der Waals surface area contributed by atoms with Crippen LogP contribution in [0.1, 0.15) is 32.1 Å². The fourth-order valence-corrected chi connectivity index (χ4v) is 3.69. The summed E-state index contributed by atoms with van der Waals surface area (Å²) >= 11 is 0.